The van der Waals surface area contributed by atoms with Gasteiger partial charge in [-0.05, 0) is 79.2 Å². The molecule has 7 rings (SSSR count). The average Bonchev–Trinajstić information content (AvgIpc) is 3.40. The Hall–Kier alpha value is -4.45. The van der Waals surface area contributed by atoms with Crippen LogP contribution in [-0.2, 0) is 28.9 Å². The van der Waals surface area contributed by atoms with Crippen LogP contribution in [0.2, 0.25) is 0 Å². The number of aromatic nitrogens is 1. The fourth-order valence-corrected chi connectivity index (χ4v) is 7.38. The van der Waals surface area contributed by atoms with Crippen LogP contribution in [0.15, 0.2) is 60.7 Å². The maximum Gasteiger partial charge on any atom is 0.433 e. The van der Waals surface area contributed by atoms with Crippen molar-refractivity contribution in [3.63, 3.8) is 0 Å². The molecule has 0 radical (unpaired) electrons. The standard InChI is InChI=1S/C36H38F3N5O4/c37-36(38,39)31-2-1-3-33(40-31)48-28-14-18-43(19-15-28)27-7-4-23(5-8-27)21-42-16-12-24(13-17-42)25-6-9-29-26(20-25)22-44(35(29)47)30-10-11-32(45)41-34(30)46/h1-9,20,24,28,30H,10-19,21-22H2,(H,41,45,46). The molecule has 0 bridgehead atoms. The molecule has 12 heteroatoms. The van der Waals surface area contributed by atoms with E-state index in [0.717, 1.165) is 62.9 Å². The maximum atomic E-state index is 13.1. The molecule has 9 nitrogen and oxygen atoms in total. The van der Waals surface area contributed by atoms with E-state index >= 15 is 0 Å². The van der Waals surface area contributed by atoms with Crippen molar-refractivity contribution in [3.05, 3.63) is 88.6 Å². The SMILES string of the molecule is O=C1CCC(N2Cc3cc(C4CCN(Cc5ccc(N6CCC(Oc7cccc(C(F)(F)F)n7)CC6)cc5)CC4)ccc3C2=O)C(=O)N1. The van der Waals surface area contributed by atoms with Crippen molar-refractivity contribution >= 4 is 23.4 Å². The number of rotatable bonds is 7. The highest BCUT2D eigenvalue weighted by Crippen LogP contribution is 2.34. The summed E-state index contributed by atoms with van der Waals surface area (Å²) in [6.07, 6.45) is -0.617. The number of benzene rings is 2. The summed E-state index contributed by atoms with van der Waals surface area (Å²) in [6.45, 7) is 4.71. The van der Waals surface area contributed by atoms with Gasteiger partial charge in [-0.1, -0.05) is 30.3 Å². The maximum absolute atomic E-state index is 13.1. The first-order valence-electron chi connectivity index (χ1n) is 16.7. The molecule has 4 aliphatic heterocycles. The predicted octanol–water partition coefficient (Wildman–Crippen LogP) is 5.29. The van der Waals surface area contributed by atoms with Gasteiger partial charge in [0, 0.05) is 62.8 Å². The molecule has 0 aliphatic carbocycles. The van der Waals surface area contributed by atoms with E-state index < -0.39 is 23.8 Å². The molecular formula is C36H38F3N5O4. The minimum absolute atomic E-state index is 0.0128. The largest absolute Gasteiger partial charge is 0.474 e. The summed E-state index contributed by atoms with van der Waals surface area (Å²) >= 11 is 0. The lowest BCUT2D eigenvalue weighted by molar-refractivity contribution is -0.141. The highest BCUT2D eigenvalue weighted by molar-refractivity contribution is 6.05. The molecule has 0 spiro atoms. The second kappa shape index (κ2) is 13.2. The number of hydrogen-bond donors (Lipinski definition) is 1. The van der Waals surface area contributed by atoms with E-state index in [9.17, 15) is 27.6 Å². The van der Waals surface area contributed by atoms with Gasteiger partial charge < -0.3 is 14.5 Å². The number of amides is 3. The summed E-state index contributed by atoms with van der Waals surface area (Å²) in [5.41, 5.74) is 4.26. The van der Waals surface area contributed by atoms with E-state index in [1.165, 1.54) is 23.3 Å². The highest BCUT2D eigenvalue weighted by Gasteiger charge is 2.39. The average molecular weight is 662 g/mol. The van der Waals surface area contributed by atoms with Crippen molar-refractivity contribution in [2.75, 3.05) is 31.1 Å². The molecule has 1 unspecified atom stereocenters. The summed E-state index contributed by atoms with van der Waals surface area (Å²) in [5.74, 6) is -0.399. The molecule has 3 amide bonds. The lowest BCUT2D eigenvalue weighted by atomic mass is 9.87. The number of nitrogens with zero attached hydrogens (tertiary/aromatic N) is 4. The molecule has 48 heavy (non-hydrogen) atoms. The van der Waals surface area contributed by atoms with E-state index in [1.807, 2.05) is 6.07 Å². The summed E-state index contributed by atoms with van der Waals surface area (Å²) < 4.78 is 44.8. The van der Waals surface area contributed by atoms with E-state index in [2.05, 4.69) is 56.5 Å². The van der Waals surface area contributed by atoms with Crippen LogP contribution in [0.1, 0.15) is 77.2 Å². The third-order valence-corrected chi connectivity index (χ3v) is 10.1. The van der Waals surface area contributed by atoms with Gasteiger partial charge in [0.1, 0.15) is 17.8 Å². The quantitative estimate of drug-likeness (QED) is 0.344. The zero-order valence-corrected chi connectivity index (χ0v) is 26.5. The number of ether oxygens (including phenoxy) is 1. The van der Waals surface area contributed by atoms with E-state index in [1.54, 1.807) is 4.90 Å². The molecule has 3 saturated heterocycles. The van der Waals surface area contributed by atoms with Gasteiger partial charge in [-0.25, -0.2) is 4.98 Å². The van der Waals surface area contributed by atoms with Crippen LogP contribution in [0, 0.1) is 0 Å². The lowest BCUT2D eigenvalue weighted by Crippen LogP contribution is -2.52. The second-order valence-corrected chi connectivity index (χ2v) is 13.2. The Morgan fingerprint density at radius 2 is 1.62 bits per heavy atom. The smallest absolute Gasteiger partial charge is 0.433 e. The molecule has 3 fully saturated rings. The zero-order chi connectivity index (χ0) is 33.4. The van der Waals surface area contributed by atoms with Gasteiger partial charge in [0.2, 0.25) is 17.7 Å². The van der Waals surface area contributed by atoms with Gasteiger partial charge >= 0.3 is 6.18 Å². The van der Waals surface area contributed by atoms with Crippen molar-refractivity contribution in [2.45, 2.75) is 75.9 Å². The highest BCUT2D eigenvalue weighted by atomic mass is 19.4. The summed E-state index contributed by atoms with van der Waals surface area (Å²) in [7, 11) is 0. The fraction of sp³-hybridized carbons (Fsp3) is 0.444. The van der Waals surface area contributed by atoms with Gasteiger partial charge in [0.15, 0.2) is 0 Å². The van der Waals surface area contributed by atoms with Crippen molar-refractivity contribution in [1.82, 2.24) is 20.1 Å². The number of hydrogen-bond acceptors (Lipinski definition) is 7. The molecule has 1 aromatic heterocycles. The van der Waals surface area contributed by atoms with Crippen molar-refractivity contribution in [3.8, 4) is 5.88 Å². The summed E-state index contributed by atoms with van der Waals surface area (Å²) in [4.78, 5) is 47.0. The van der Waals surface area contributed by atoms with Gasteiger partial charge in [0.25, 0.3) is 5.91 Å². The number of alkyl halides is 3. The van der Waals surface area contributed by atoms with Gasteiger partial charge in [-0.2, -0.15) is 13.2 Å². The number of pyridine rings is 1. The van der Waals surface area contributed by atoms with Crippen LogP contribution < -0.4 is 15.0 Å². The minimum Gasteiger partial charge on any atom is -0.474 e. The topological polar surface area (TPSA) is 95.1 Å². The molecule has 5 heterocycles. The lowest BCUT2D eigenvalue weighted by Gasteiger charge is -2.34. The van der Waals surface area contributed by atoms with E-state index in [4.69, 9.17) is 4.74 Å². The third-order valence-electron chi connectivity index (χ3n) is 10.1. The van der Waals surface area contributed by atoms with Crippen LogP contribution in [0.25, 0.3) is 0 Å². The van der Waals surface area contributed by atoms with Crippen LogP contribution in [0.5, 0.6) is 5.88 Å². The third kappa shape index (κ3) is 6.89. The van der Waals surface area contributed by atoms with Crippen LogP contribution in [0.3, 0.4) is 0 Å². The monoisotopic (exact) mass is 661 g/mol. The zero-order valence-electron chi connectivity index (χ0n) is 26.5. The van der Waals surface area contributed by atoms with E-state index in [-0.39, 0.29) is 30.2 Å². The number of fused-ring (bicyclic) bond motifs is 1. The number of nitrogens with one attached hydrogen (secondary N) is 1. The van der Waals surface area contributed by atoms with Gasteiger partial charge in [0.05, 0.1) is 0 Å². The number of piperidine rings is 3. The summed E-state index contributed by atoms with van der Waals surface area (Å²) in [5, 5.41) is 2.36. The number of carbonyl (C=O) groups is 3. The first-order chi connectivity index (χ1) is 23.1. The molecule has 2 aromatic carbocycles. The molecular weight excluding hydrogens is 623 g/mol. The van der Waals surface area contributed by atoms with Gasteiger partial charge in [-0.15, -0.1) is 0 Å². The normalized spacial score (nSPS) is 21.4. The van der Waals surface area contributed by atoms with Gasteiger partial charge in [-0.3, -0.25) is 24.6 Å². The molecule has 0 saturated carbocycles. The number of anilines is 1. The van der Waals surface area contributed by atoms with Crippen LogP contribution >= 0.6 is 0 Å². The second-order valence-electron chi connectivity index (χ2n) is 13.2. The fourth-order valence-electron chi connectivity index (χ4n) is 7.38. The molecule has 4 aliphatic rings. The number of imide groups is 1. The Bertz CT molecular complexity index is 1680. The predicted molar refractivity (Wildman–Crippen MR) is 171 cm³/mol. The molecule has 1 N–H and O–H groups in total. The number of carbonyl (C=O) groups excluding carboxylic acids is 3. The Balaban J connectivity index is 0.874. The summed E-state index contributed by atoms with van der Waals surface area (Å²) in [6, 6.07) is 17.8. The first kappa shape index (κ1) is 32.1. The first-order valence-corrected chi connectivity index (χ1v) is 16.7. The number of halogens is 3. The van der Waals surface area contributed by atoms with Crippen LogP contribution in [-0.4, -0.2) is 70.8 Å². The Morgan fingerprint density at radius 3 is 2.33 bits per heavy atom. The molecule has 3 aromatic rings. The molecule has 252 valence electrons. The van der Waals surface area contributed by atoms with Crippen LogP contribution in [0.4, 0.5) is 18.9 Å². The molecule has 1 atom stereocenters. The van der Waals surface area contributed by atoms with Crippen molar-refractivity contribution < 1.29 is 32.3 Å². The Labute approximate surface area is 277 Å². The van der Waals surface area contributed by atoms with Crippen molar-refractivity contribution in [2.24, 2.45) is 0 Å². The van der Waals surface area contributed by atoms with Crippen molar-refractivity contribution in [1.29, 1.82) is 0 Å². The minimum atomic E-state index is -4.50. The Morgan fingerprint density at radius 1 is 0.875 bits per heavy atom. The van der Waals surface area contributed by atoms with E-state index in [0.29, 0.717) is 37.3 Å². The number of likely N-dealkylation sites (tertiary alicyclic amines) is 1. The Kier molecular flexibility index (Phi) is 8.84.